The predicted molar refractivity (Wildman–Crippen MR) is 88.2 cm³/mol. The Morgan fingerprint density at radius 2 is 2.04 bits per heavy atom. The molecular weight excluding hydrogens is 328 g/mol. The van der Waals surface area contributed by atoms with Crippen LogP contribution in [0.4, 0.5) is 5.82 Å². The van der Waals surface area contributed by atoms with Gasteiger partial charge in [-0.2, -0.15) is 9.40 Å². The van der Waals surface area contributed by atoms with Crippen molar-refractivity contribution >= 4 is 15.8 Å². The molecule has 9 heteroatoms. The first-order chi connectivity index (χ1) is 11.4. The number of fused-ring (bicyclic) bond motifs is 1. The van der Waals surface area contributed by atoms with Crippen molar-refractivity contribution in [1.82, 2.24) is 24.1 Å². The second-order valence-corrected chi connectivity index (χ2v) is 8.43. The molecule has 0 aromatic carbocycles. The van der Waals surface area contributed by atoms with Crippen molar-refractivity contribution < 1.29 is 8.42 Å². The van der Waals surface area contributed by atoms with Gasteiger partial charge in [-0.1, -0.05) is 0 Å². The minimum Gasteiger partial charge on any atom is -0.352 e. The predicted octanol–water partition coefficient (Wildman–Crippen LogP) is 0.208. The highest BCUT2D eigenvalue weighted by Crippen LogP contribution is 2.27. The fraction of sp³-hybridized carbons (Fsp3) is 0.533. The first-order valence-corrected chi connectivity index (χ1v) is 9.45. The minimum atomic E-state index is -3.55. The summed E-state index contributed by atoms with van der Waals surface area (Å²) in [7, 11) is -0.190. The molecule has 2 aromatic rings. The normalized spacial score (nSPS) is 18.0. The molecule has 0 radical (unpaired) electrons. The van der Waals surface area contributed by atoms with Crippen LogP contribution in [0.15, 0.2) is 23.6 Å². The SMILES string of the molecule is CN(C1CN(c2cc3c(nn2)CCC3)C1)S(=O)(=O)c1cn(C)cn1. The Morgan fingerprint density at radius 1 is 1.25 bits per heavy atom. The molecule has 2 aliphatic rings. The fourth-order valence-electron chi connectivity index (χ4n) is 3.21. The lowest BCUT2D eigenvalue weighted by Gasteiger charge is -2.43. The van der Waals surface area contributed by atoms with Gasteiger partial charge in [0.1, 0.15) is 0 Å². The van der Waals surface area contributed by atoms with Crippen LogP contribution < -0.4 is 4.90 Å². The summed E-state index contributed by atoms with van der Waals surface area (Å²) in [5.41, 5.74) is 2.38. The van der Waals surface area contributed by atoms with E-state index in [0.717, 1.165) is 30.8 Å². The van der Waals surface area contributed by atoms with Crippen molar-refractivity contribution in [3.05, 3.63) is 29.8 Å². The zero-order valence-electron chi connectivity index (χ0n) is 13.8. The van der Waals surface area contributed by atoms with Crippen LogP contribution in [-0.2, 0) is 29.9 Å². The molecule has 1 aliphatic heterocycles. The largest absolute Gasteiger partial charge is 0.352 e. The van der Waals surface area contributed by atoms with Gasteiger partial charge < -0.3 is 9.47 Å². The van der Waals surface area contributed by atoms with E-state index in [1.165, 1.54) is 22.4 Å². The first kappa shape index (κ1) is 15.5. The van der Waals surface area contributed by atoms with Crippen LogP contribution in [0, 0.1) is 0 Å². The average molecular weight is 348 g/mol. The molecule has 1 saturated heterocycles. The fourth-order valence-corrected chi connectivity index (χ4v) is 4.51. The number of aryl methyl sites for hydroxylation is 3. The summed E-state index contributed by atoms with van der Waals surface area (Å²) in [6.07, 6.45) is 6.22. The van der Waals surface area contributed by atoms with Gasteiger partial charge in [-0.3, -0.25) is 0 Å². The Hall–Kier alpha value is -2.00. The number of sulfonamides is 1. The summed E-state index contributed by atoms with van der Waals surface area (Å²) in [6.45, 7) is 1.24. The Balaban J connectivity index is 1.45. The third-order valence-corrected chi connectivity index (χ3v) is 6.63. The molecular formula is C15H20N6O2S. The van der Waals surface area contributed by atoms with E-state index in [-0.39, 0.29) is 11.1 Å². The molecule has 0 saturated carbocycles. The smallest absolute Gasteiger partial charge is 0.262 e. The molecule has 2 aromatic heterocycles. The molecule has 1 aliphatic carbocycles. The molecule has 0 unspecified atom stereocenters. The second-order valence-electron chi connectivity index (χ2n) is 6.49. The Morgan fingerprint density at radius 3 is 2.75 bits per heavy atom. The van der Waals surface area contributed by atoms with Crippen LogP contribution in [-0.4, -0.2) is 58.7 Å². The number of likely N-dealkylation sites (N-methyl/N-ethyl adjacent to an activating group) is 1. The zero-order valence-corrected chi connectivity index (χ0v) is 14.6. The average Bonchev–Trinajstić information content (AvgIpc) is 3.13. The molecule has 0 atom stereocenters. The van der Waals surface area contributed by atoms with Gasteiger partial charge in [-0.05, 0) is 30.9 Å². The molecule has 0 spiro atoms. The summed E-state index contributed by atoms with van der Waals surface area (Å²) >= 11 is 0. The minimum absolute atomic E-state index is 0.0768. The van der Waals surface area contributed by atoms with Crippen molar-refractivity contribution in [2.45, 2.75) is 30.3 Å². The summed E-state index contributed by atoms with van der Waals surface area (Å²) in [5, 5.41) is 8.66. The van der Waals surface area contributed by atoms with Gasteiger partial charge in [0.25, 0.3) is 10.0 Å². The highest BCUT2D eigenvalue weighted by atomic mass is 32.2. The molecule has 0 amide bonds. The first-order valence-electron chi connectivity index (χ1n) is 8.01. The van der Waals surface area contributed by atoms with Crippen molar-refractivity contribution in [1.29, 1.82) is 0 Å². The van der Waals surface area contributed by atoms with E-state index in [4.69, 9.17) is 0 Å². The third kappa shape index (κ3) is 2.48. The summed E-state index contributed by atoms with van der Waals surface area (Å²) in [5.74, 6) is 0.843. The van der Waals surface area contributed by atoms with E-state index in [0.29, 0.717) is 13.1 Å². The zero-order chi connectivity index (χ0) is 16.9. The van der Waals surface area contributed by atoms with Crippen LogP contribution in [0.5, 0.6) is 0 Å². The van der Waals surface area contributed by atoms with Gasteiger partial charge in [0.2, 0.25) is 0 Å². The number of nitrogens with zero attached hydrogens (tertiary/aromatic N) is 6. The highest BCUT2D eigenvalue weighted by molar-refractivity contribution is 7.89. The molecule has 8 nitrogen and oxygen atoms in total. The van der Waals surface area contributed by atoms with E-state index in [1.807, 2.05) is 0 Å². The van der Waals surface area contributed by atoms with Crippen LogP contribution in [0.3, 0.4) is 0 Å². The Labute approximate surface area is 141 Å². The van der Waals surface area contributed by atoms with Gasteiger partial charge in [-0.15, -0.1) is 5.10 Å². The summed E-state index contributed by atoms with van der Waals surface area (Å²) < 4.78 is 28.2. The molecule has 0 bridgehead atoms. The maximum atomic E-state index is 12.6. The number of anilines is 1. The number of rotatable bonds is 4. The maximum Gasteiger partial charge on any atom is 0.262 e. The van der Waals surface area contributed by atoms with Crippen molar-refractivity contribution in [3.63, 3.8) is 0 Å². The van der Waals surface area contributed by atoms with E-state index in [9.17, 15) is 8.42 Å². The topological polar surface area (TPSA) is 84.2 Å². The number of imidazole rings is 1. The molecule has 24 heavy (non-hydrogen) atoms. The van der Waals surface area contributed by atoms with Gasteiger partial charge in [0.05, 0.1) is 18.1 Å². The van der Waals surface area contributed by atoms with Crippen LogP contribution in [0.25, 0.3) is 0 Å². The summed E-state index contributed by atoms with van der Waals surface area (Å²) in [4.78, 5) is 6.03. The Bertz CT molecular complexity index is 872. The lowest BCUT2D eigenvalue weighted by molar-refractivity contribution is 0.308. The van der Waals surface area contributed by atoms with Crippen molar-refractivity contribution in [3.8, 4) is 0 Å². The lowest BCUT2D eigenvalue weighted by Crippen LogP contribution is -2.60. The van der Waals surface area contributed by atoms with E-state index in [1.54, 1.807) is 18.7 Å². The van der Waals surface area contributed by atoms with Crippen molar-refractivity contribution in [2.24, 2.45) is 7.05 Å². The van der Waals surface area contributed by atoms with Crippen LogP contribution >= 0.6 is 0 Å². The molecule has 4 rings (SSSR count). The van der Waals surface area contributed by atoms with Gasteiger partial charge in [-0.25, -0.2) is 13.4 Å². The van der Waals surface area contributed by atoms with Gasteiger partial charge in [0, 0.05) is 33.4 Å². The molecule has 0 N–H and O–H groups in total. The highest BCUT2D eigenvalue weighted by Gasteiger charge is 2.38. The second kappa shape index (κ2) is 5.52. The number of hydrogen-bond donors (Lipinski definition) is 0. The number of hydrogen-bond acceptors (Lipinski definition) is 6. The standard InChI is InChI=1S/C15H20N6O2S/c1-19-9-15(16-10-19)24(22,23)20(2)12-7-21(8-12)14-6-11-4-3-5-13(11)17-18-14/h6,9-10,12H,3-5,7-8H2,1-2H3. The summed E-state index contributed by atoms with van der Waals surface area (Å²) in [6, 6.07) is 2.02. The van der Waals surface area contributed by atoms with Gasteiger partial charge in [0.15, 0.2) is 10.8 Å². The van der Waals surface area contributed by atoms with Gasteiger partial charge >= 0.3 is 0 Å². The van der Waals surface area contributed by atoms with E-state index >= 15 is 0 Å². The Kier molecular flexibility index (Phi) is 3.57. The quantitative estimate of drug-likeness (QED) is 0.785. The van der Waals surface area contributed by atoms with Crippen molar-refractivity contribution in [2.75, 3.05) is 25.0 Å². The lowest BCUT2D eigenvalue weighted by atomic mass is 10.1. The van der Waals surface area contributed by atoms with Crippen LogP contribution in [0.2, 0.25) is 0 Å². The molecule has 1 fully saturated rings. The maximum absolute atomic E-state index is 12.6. The van der Waals surface area contributed by atoms with Crippen LogP contribution in [0.1, 0.15) is 17.7 Å². The molecule has 3 heterocycles. The van der Waals surface area contributed by atoms with E-state index < -0.39 is 10.0 Å². The number of aromatic nitrogens is 4. The molecule has 128 valence electrons. The third-order valence-electron chi connectivity index (χ3n) is 4.83. The monoisotopic (exact) mass is 348 g/mol. The van der Waals surface area contributed by atoms with E-state index in [2.05, 4.69) is 26.1 Å².